The molecule has 8 aromatic carbocycles. The highest BCUT2D eigenvalue weighted by Crippen LogP contribution is 2.40. The van der Waals surface area contributed by atoms with Crippen LogP contribution in [0.4, 0.5) is 17.1 Å². The molecule has 0 amide bonds. The van der Waals surface area contributed by atoms with Crippen molar-refractivity contribution in [3.8, 4) is 44.5 Å². The second-order valence-corrected chi connectivity index (χ2v) is 13.7. The summed E-state index contributed by atoms with van der Waals surface area (Å²) in [5.41, 5.74) is 15.7. The van der Waals surface area contributed by atoms with Crippen LogP contribution in [-0.4, -0.2) is 0 Å². The van der Waals surface area contributed by atoms with Crippen LogP contribution in [0.3, 0.4) is 0 Å². The predicted octanol–water partition coefficient (Wildman–Crippen LogP) is 14.7. The van der Waals surface area contributed by atoms with Gasteiger partial charge in [0, 0.05) is 17.1 Å². The van der Waals surface area contributed by atoms with Gasteiger partial charge in [0.15, 0.2) is 0 Å². The summed E-state index contributed by atoms with van der Waals surface area (Å²) in [4.78, 5) is 2.38. The topological polar surface area (TPSA) is 3.24 Å². The van der Waals surface area contributed by atoms with Crippen LogP contribution in [-0.2, 0) is 0 Å². The average molecular weight is 678 g/mol. The molecule has 1 aliphatic rings. The Balaban J connectivity index is 1.12. The van der Waals surface area contributed by atoms with Crippen molar-refractivity contribution < 1.29 is 0 Å². The second-order valence-electron chi connectivity index (χ2n) is 13.7. The third-order valence-corrected chi connectivity index (χ3v) is 10.3. The van der Waals surface area contributed by atoms with Gasteiger partial charge in [0.1, 0.15) is 0 Å². The molecule has 9 rings (SSSR count). The number of anilines is 3. The van der Waals surface area contributed by atoms with E-state index in [2.05, 4.69) is 217 Å². The molecule has 252 valence electrons. The van der Waals surface area contributed by atoms with E-state index >= 15 is 0 Å². The molecule has 1 aliphatic carbocycles. The lowest BCUT2D eigenvalue weighted by Crippen LogP contribution is -2.10. The van der Waals surface area contributed by atoms with Crippen LogP contribution in [0.1, 0.15) is 18.4 Å². The smallest absolute Gasteiger partial charge is 0.0467 e. The molecule has 0 heterocycles. The summed E-state index contributed by atoms with van der Waals surface area (Å²) in [5, 5.41) is 2.50. The van der Waals surface area contributed by atoms with E-state index in [0.717, 1.165) is 29.9 Å². The zero-order chi connectivity index (χ0) is 35.4. The number of hydrogen-bond acceptors (Lipinski definition) is 1. The minimum absolute atomic E-state index is 1.08. The maximum Gasteiger partial charge on any atom is 0.0467 e. The van der Waals surface area contributed by atoms with Crippen LogP contribution in [0.15, 0.2) is 212 Å². The Morgan fingerprint density at radius 3 is 1.43 bits per heavy atom. The minimum atomic E-state index is 1.08. The van der Waals surface area contributed by atoms with Crippen molar-refractivity contribution in [3.05, 3.63) is 218 Å². The summed E-state index contributed by atoms with van der Waals surface area (Å²) in [6.07, 6.45) is 8.84. The number of nitrogens with zero attached hydrogens (tertiary/aromatic N) is 1. The SMILES string of the molecule is C1=CCCC(c2ccc(N(c3ccc(-c4cc(-c5ccccc5)cc(-c5ccccc5)c4)cc3)c3cccc(-c4ccc5ccccc5c4)c3)cc2)=C1. The zero-order valence-corrected chi connectivity index (χ0v) is 29.6. The molecular formula is C52H39N. The maximum absolute atomic E-state index is 2.38. The van der Waals surface area contributed by atoms with Crippen molar-refractivity contribution in [1.82, 2.24) is 0 Å². The fourth-order valence-electron chi connectivity index (χ4n) is 7.50. The molecule has 53 heavy (non-hydrogen) atoms. The first-order valence-electron chi connectivity index (χ1n) is 18.5. The van der Waals surface area contributed by atoms with Gasteiger partial charge in [0.05, 0.1) is 0 Å². The normalized spacial score (nSPS) is 12.4. The van der Waals surface area contributed by atoms with Gasteiger partial charge in [-0.05, 0) is 140 Å². The molecule has 1 nitrogen and oxygen atoms in total. The van der Waals surface area contributed by atoms with E-state index < -0.39 is 0 Å². The molecular weight excluding hydrogens is 639 g/mol. The van der Waals surface area contributed by atoms with Gasteiger partial charge in [-0.1, -0.05) is 152 Å². The van der Waals surface area contributed by atoms with Crippen LogP contribution in [0.25, 0.3) is 60.9 Å². The highest BCUT2D eigenvalue weighted by molar-refractivity contribution is 5.89. The molecule has 0 aromatic heterocycles. The van der Waals surface area contributed by atoms with E-state index in [9.17, 15) is 0 Å². The second kappa shape index (κ2) is 14.5. The van der Waals surface area contributed by atoms with Gasteiger partial charge in [-0.3, -0.25) is 0 Å². The Morgan fingerprint density at radius 1 is 0.321 bits per heavy atom. The van der Waals surface area contributed by atoms with Gasteiger partial charge in [-0.25, -0.2) is 0 Å². The van der Waals surface area contributed by atoms with Crippen molar-refractivity contribution >= 4 is 33.4 Å². The Morgan fingerprint density at radius 2 is 0.830 bits per heavy atom. The van der Waals surface area contributed by atoms with Gasteiger partial charge in [-0.2, -0.15) is 0 Å². The molecule has 8 aromatic rings. The third-order valence-electron chi connectivity index (χ3n) is 10.3. The van der Waals surface area contributed by atoms with Gasteiger partial charge in [-0.15, -0.1) is 0 Å². The first-order chi connectivity index (χ1) is 26.2. The lowest BCUT2D eigenvalue weighted by Gasteiger charge is -2.27. The summed E-state index contributed by atoms with van der Waals surface area (Å²) >= 11 is 0. The monoisotopic (exact) mass is 677 g/mol. The Kier molecular flexibility index (Phi) is 8.82. The summed E-state index contributed by atoms with van der Waals surface area (Å²) in [7, 11) is 0. The molecule has 0 N–H and O–H groups in total. The lowest BCUT2D eigenvalue weighted by atomic mass is 9.93. The molecule has 0 atom stereocenters. The molecule has 0 saturated carbocycles. The van der Waals surface area contributed by atoms with E-state index in [1.807, 2.05) is 0 Å². The Hall–Kier alpha value is -6.70. The summed E-state index contributed by atoms with van der Waals surface area (Å²) in [5.74, 6) is 0. The zero-order valence-electron chi connectivity index (χ0n) is 29.6. The Labute approximate surface area is 312 Å². The molecule has 0 bridgehead atoms. The minimum Gasteiger partial charge on any atom is -0.310 e. The first kappa shape index (κ1) is 32.2. The van der Waals surface area contributed by atoms with Crippen LogP contribution < -0.4 is 4.90 Å². The third kappa shape index (κ3) is 6.86. The molecule has 0 unspecified atom stereocenters. The van der Waals surface area contributed by atoms with E-state index in [0.29, 0.717) is 0 Å². The maximum atomic E-state index is 2.38. The highest BCUT2D eigenvalue weighted by atomic mass is 15.1. The van der Waals surface area contributed by atoms with Gasteiger partial charge in [0.2, 0.25) is 0 Å². The van der Waals surface area contributed by atoms with E-state index in [1.165, 1.54) is 66.4 Å². The van der Waals surface area contributed by atoms with Gasteiger partial charge >= 0.3 is 0 Å². The van der Waals surface area contributed by atoms with E-state index in [-0.39, 0.29) is 0 Å². The van der Waals surface area contributed by atoms with Crippen molar-refractivity contribution in [3.63, 3.8) is 0 Å². The highest BCUT2D eigenvalue weighted by Gasteiger charge is 2.16. The summed E-state index contributed by atoms with van der Waals surface area (Å²) in [6, 6.07) is 70.6. The van der Waals surface area contributed by atoms with Crippen molar-refractivity contribution in [2.45, 2.75) is 12.8 Å². The predicted molar refractivity (Wildman–Crippen MR) is 227 cm³/mol. The molecule has 0 aliphatic heterocycles. The van der Waals surface area contributed by atoms with Crippen LogP contribution in [0, 0.1) is 0 Å². The molecule has 0 saturated heterocycles. The summed E-state index contributed by atoms with van der Waals surface area (Å²) < 4.78 is 0. The first-order valence-corrected chi connectivity index (χ1v) is 18.5. The lowest BCUT2D eigenvalue weighted by molar-refractivity contribution is 1.05. The van der Waals surface area contributed by atoms with Crippen molar-refractivity contribution in [2.75, 3.05) is 4.90 Å². The number of hydrogen-bond donors (Lipinski definition) is 0. The van der Waals surface area contributed by atoms with Crippen LogP contribution in [0.2, 0.25) is 0 Å². The summed E-state index contributed by atoms with van der Waals surface area (Å²) in [6.45, 7) is 0. The quantitative estimate of drug-likeness (QED) is 0.155. The fourth-order valence-corrected chi connectivity index (χ4v) is 7.50. The van der Waals surface area contributed by atoms with E-state index in [4.69, 9.17) is 0 Å². The molecule has 0 radical (unpaired) electrons. The van der Waals surface area contributed by atoms with Crippen LogP contribution >= 0.6 is 0 Å². The number of allylic oxidation sites excluding steroid dienone is 4. The Bertz CT molecular complexity index is 2520. The number of fused-ring (bicyclic) bond motifs is 1. The van der Waals surface area contributed by atoms with Crippen molar-refractivity contribution in [2.24, 2.45) is 0 Å². The number of benzene rings is 8. The van der Waals surface area contributed by atoms with Gasteiger partial charge < -0.3 is 4.90 Å². The molecule has 1 heteroatoms. The number of rotatable bonds is 8. The molecule has 0 spiro atoms. The van der Waals surface area contributed by atoms with Gasteiger partial charge in [0.25, 0.3) is 0 Å². The largest absolute Gasteiger partial charge is 0.310 e. The van der Waals surface area contributed by atoms with Crippen molar-refractivity contribution in [1.29, 1.82) is 0 Å². The van der Waals surface area contributed by atoms with E-state index in [1.54, 1.807) is 0 Å². The van der Waals surface area contributed by atoms with Crippen LogP contribution in [0.5, 0.6) is 0 Å². The average Bonchev–Trinajstić information content (AvgIpc) is 3.25. The standard InChI is InChI=1S/C52H39N/c1-4-13-38(14-5-1)42-25-29-50(30-26-42)53(52-22-12-21-45(37-52)46-24-23-41-19-10-11-20-44(41)33-46)51-31-27-43(28-32-51)49-35-47(39-15-6-2-7-16-39)34-48(36-49)40-17-8-3-9-18-40/h1-4,6-13,15-37H,5,14H2. The molecule has 0 fully saturated rings. The fraction of sp³-hybridized carbons (Fsp3) is 0.0385.